The van der Waals surface area contributed by atoms with Gasteiger partial charge in [0.25, 0.3) is 0 Å². The molecular formula is C10H12ClNO2. The summed E-state index contributed by atoms with van der Waals surface area (Å²) < 4.78 is 10.9. The van der Waals surface area contributed by atoms with Crippen molar-refractivity contribution in [2.75, 3.05) is 24.5 Å². The second-order valence-corrected chi connectivity index (χ2v) is 3.39. The first-order valence-corrected chi connectivity index (χ1v) is 5.05. The van der Waals surface area contributed by atoms with Crippen LogP contribution in [0.25, 0.3) is 0 Å². The van der Waals surface area contributed by atoms with Crippen LogP contribution in [-0.2, 0) is 0 Å². The molecular weight excluding hydrogens is 202 g/mol. The fourth-order valence-electron chi connectivity index (χ4n) is 1.45. The van der Waals surface area contributed by atoms with Gasteiger partial charge in [-0.15, -0.1) is 11.6 Å². The molecule has 0 amide bonds. The summed E-state index contributed by atoms with van der Waals surface area (Å²) in [5.74, 6) is 1.60. The van der Waals surface area contributed by atoms with Crippen molar-refractivity contribution in [3.63, 3.8) is 0 Å². The van der Waals surface area contributed by atoms with E-state index in [0.29, 0.717) is 19.2 Å². The van der Waals surface area contributed by atoms with Crippen LogP contribution in [-0.4, -0.2) is 19.2 Å². The number of hydrogen-bond donors (Lipinski definition) is 1. The SMILES string of the molecule is Cc1cc2c(cc1NCCl)OCCO2. The molecule has 0 saturated heterocycles. The van der Waals surface area contributed by atoms with Gasteiger partial charge in [0, 0.05) is 11.8 Å². The molecule has 3 nitrogen and oxygen atoms in total. The maximum atomic E-state index is 5.61. The van der Waals surface area contributed by atoms with Crippen LogP contribution in [0.3, 0.4) is 0 Å². The largest absolute Gasteiger partial charge is 0.486 e. The van der Waals surface area contributed by atoms with Crippen molar-refractivity contribution in [2.45, 2.75) is 6.92 Å². The molecule has 0 aromatic heterocycles. The highest BCUT2D eigenvalue weighted by Crippen LogP contribution is 2.35. The van der Waals surface area contributed by atoms with Crippen molar-refractivity contribution < 1.29 is 9.47 Å². The number of aryl methyl sites for hydroxylation is 1. The number of rotatable bonds is 2. The third kappa shape index (κ3) is 1.73. The summed E-state index contributed by atoms with van der Waals surface area (Å²) in [5.41, 5.74) is 2.10. The van der Waals surface area contributed by atoms with Crippen LogP contribution in [0.4, 0.5) is 5.69 Å². The van der Waals surface area contributed by atoms with Gasteiger partial charge < -0.3 is 14.8 Å². The van der Waals surface area contributed by atoms with E-state index >= 15 is 0 Å². The molecule has 4 heteroatoms. The quantitative estimate of drug-likeness (QED) is 0.605. The lowest BCUT2D eigenvalue weighted by Crippen LogP contribution is -2.15. The predicted molar refractivity (Wildman–Crippen MR) is 56.5 cm³/mol. The van der Waals surface area contributed by atoms with E-state index in [1.807, 2.05) is 19.1 Å². The van der Waals surface area contributed by atoms with Crippen molar-refractivity contribution in [2.24, 2.45) is 0 Å². The molecule has 0 atom stereocenters. The average molecular weight is 214 g/mol. The van der Waals surface area contributed by atoms with Crippen LogP contribution in [0.5, 0.6) is 11.5 Å². The molecule has 0 unspecified atom stereocenters. The fraction of sp³-hybridized carbons (Fsp3) is 0.400. The fourth-order valence-corrected chi connectivity index (χ4v) is 1.60. The van der Waals surface area contributed by atoms with E-state index in [4.69, 9.17) is 21.1 Å². The van der Waals surface area contributed by atoms with E-state index < -0.39 is 0 Å². The molecule has 2 rings (SSSR count). The summed E-state index contributed by atoms with van der Waals surface area (Å²) in [5, 5.41) is 3.06. The number of hydrogen-bond acceptors (Lipinski definition) is 3. The maximum absolute atomic E-state index is 5.61. The summed E-state index contributed by atoms with van der Waals surface area (Å²) in [6, 6.07) is 4.27. The Morgan fingerprint density at radius 3 is 2.57 bits per heavy atom. The molecule has 0 aliphatic carbocycles. The molecule has 0 bridgehead atoms. The summed E-state index contributed by atoms with van der Waals surface area (Å²) in [6.07, 6.45) is 0. The topological polar surface area (TPSA) is 30.5 Å². The molecule has 1 aromatic carbocycles. The minimum atomic E-state index is 0.389. The first-order valence-electron chi connectivity index (χ1n) is 4.51. The Labute approximate surface area is 88.0 Å². The Morgan fingerprint density at radius 1 is 1.29 bits per heavy atom. The van der Waals surface area contributed by atoms with Gasteiger partial charge in [-0.05, 0) is 18.6 Å². The third-order valence-electron chi connectivity index (χ3n) is 2.15. The monoisotopic (exact) mass is 213 g/mol. The van der Waals surface area contributed by atoms with Gasteiger partial charge in [-0.3, -0.25) is 0 Å². The zero-order chi connectivity index (χ0) is 9.97. The highest BCUT2D eigenvalue weighted by molar-refractivity contribution is 6.18. The second kappa shape index (κ2) is 3.96. The molecule has 0 spiro atoms. The van der Waals surface area contributed by atoms with Crippen molar-refractivity contribution in [1.82, 2.24) is 0 Å². The van der Waals surface area contributed by atoms with E-state index in [0.717, 1.165) is 22.7 Å². The minimum absolute atomic E-state index is 0.389. The lowest BCUT2D eigenvalue weighted by molar-refractivity contribution is 0.171. The molecule has 0 radical (unpaired) electrons. The Bertz CT molecular complexity index is 341. The van der Waals surface area contributed by atoms with Crippen molar-refractivity contribution >= 4 is 17.3 Å². The maximum Gasteiger partial charge on any atom is 0.163 e. The summed E-state index contributed by atoms with van der Waals surface area (Å²) in [7, 11) is 0. The van der Waals surface area contributed by atoms with Crippen LogP contribution in [0.1, 0.15) is 5.56 Å². The van der Waals surface area contributed by atoms with Crippen LogP contribution in [0.2, 0.25) is 0 Å². The minimum Gasteiger partial charge on any atom is -0.486 e. The Hall–Kier alpha value is -1.09. The van der Waals surface area contributed by atoms with Gasteiger partial charge in [0.15, 0.2) is 11.5 Å². The highest BCUT2D eigenvalue weighted by atomic mass is 35.5. The van der Waals surface area contributed by atoms with E-state index in [1.54, 1.807) is 0 Å². The molecule has 76 valence electrons. The molecule has 1 N–H and O–H groups in total. The van der Waals surface area contributed by atoms with Gasteiger partial charge in [0.05, 0.1) is 6.00 Å². The number of benzene rings is 1. The standard InChI is InChI=1S/C10H12ClNO2/c1-7-4-9-10(14-3-2-13-9)5-8(7)12-6-11/h4-5,12H,2-3,6H2,1H3. The van der Waals surface area contributed by atoms with Crippen molar-refractivity contribution in [1.29, 1.82) is 0 Å². The Morgan fingerprint density at radius 2 is 1.93 bits per heavy atom. The molecule has 1 aliphatic heterocycles. The van der Waals surface area contributed by atoms with Gasteiger partial charge in [-0.25, -0.2) is 0 Å². The van der Waals surface area contributed by atoms with Gasteiger partial charge in [0.2, 0.25) is 0 Å². The zero-order valence-electron chi connectivity index (χ0n) is 7.97. The molecule has 1 aromatic rings. The second-order valence-electron chi connectivity index (χ2n) is 3.12. The Kier molecular flexibility index (Phi) is 2.68. The Balaban J connectivity index is 2.35. The summed E-state index contributed by atoms with van der Waals surface area (Å²) >= 11 is 5.61. The molecule has 0 saturated carbocycles. The zero-order valence-corrected chi connectivity index (χ0v) is 8.73. The van der Waals surface area contributed by atoms with E-state index in [-0.39, 0.29) is 0 Å². The summed E-state index contributed by atoms with van der Waals surface area (Å²) in [4.78, 5) is 0. The van der Waals surface area contributed by atoms with Gasteiger partial charge >= 0.3 is 0 Å². The predicted octanol–water partition coefficient (Wildman–Crippen LogP) is 2.37. The molecule has 14 heavy (non-hydrogen) atoms. The number of nitrogens with one attached hydrogen (secondary N) is 1. The van der Waals surface area contributed by atoms with Gasteiger partial charge in [0.1, 0.15) is 13.2 Å². The van der Waals surface area contributed by atoms with E-state index in [9.17, 15) is 0 Å². The molecule has 1 heterocycles. The van der Waals surface area contributed by atoms with Crippen LogP contribution in [0.15, 0.2) is 12.1 Å². The number of anilines is 1. The number of alkyl halides is 1. The number of ether oxygens (including phenoxy) is 2. The lowest BCUT2D eigenvalue weighted by atomic mass is 10.1. The van der Waals surface area contributed by atoms with Crippen LogP contribution < -0.4 is 14.8 Å². The number of fused-ring (bicyclic) bond motifs is 1. The summed E-state index contributed by atoms with van der Waals surface area (Å²) in [6.45, 7) is 3.23. The average Bonchev–Trinajstić information content (AvgIpc) is 2.19. The number of halogens is 1. The first-order chi connectivity index (χ1) is 6.81. The molecule has 0 fully saturated rings. The smallest absolute Gasteiger partial charge is 0.163 e. The third-order valence-corrected chi connectivity index (χ3v) is 2.28. The van der Waals surface area contributed by atoms with Gasteiger partial charge in [-0.2, -0.15) is 0 Å². The van der Waals surface area contributed by atoms with Crippen LogP contribution in [0, 0.1) is 6.92 Å². The first kappa shape index (κ1) is 9.46. The van der Waals surface area contributed by atoms with Crippen molar-refractivity contribution in [3.05, 3.63) is 17.7 Å². The van der Waals surface area contributed by atoms with Crippen molar-refractivity contribution in [3.8, 4) is 11.5 Å². The normalized spacial score (nSPS) is 13.9. The van der Waals surface area contributed by atoms with E-state index in [1.165, 1.54) is 0 Å². The van der Waals surface area contributed by atoms with E-state index in [2.05, 4.69) is 5.32 Å². The highest BCUT2D eigenvalue weighted by Gasteiger charge is 2.13. The molecule has 1 aliphatic rings. The van der Waals surface area contributed by atoms with Gasteiger partial charge in [-0.1, -0.05) is 0 Å². The lowest BCUT2D eigenvalue weighted by Gasteiger charge is -2.20. The van der Waals surface area contributed by atoms with Crippen LogP contribution >= 0.6 is 11.6 Å².